The first-order chi connectivity index (χ1) is 6.04. The summed E-state index contributed by atoms with van der Waals surface area (Å²) in [6.45, 7) is 0. The third kappa shape index (κ3) is 1.32. The van der Waals surface area contributed by atoms with Gasteiger partial charge >= 0.3 is 0 Å². The van der Waals surface area contributed by atoms with E-state index in [9.17, 15) is 8.78 Å². The van der Waals surface area contributed by atoms with Gasteiger partial charge in [0.2, 0.25) is 0 Å². The second kappa shape index (κ2) is 2.66. The van der Waals surface area contributed by atoms with Crippen LogP contribution < -0.4 is 5.73 Å². The molecule has 1 aliphatic rings. The number of benzene rings is 1. The lowest BCUT2D eigenvalue weighted by molar-refractivity contribution is 0.553. The van der Waals surface area contributed by atoms with Gasteiger partial charge in [0.25, 0.3) is 0 Å². The predicted octanol–water partition coefficient (Wildman–Crippen LogP) is 2.57. The van der Waals surface area contributed by atoms with Gasteiger partial charge in [-0.3, -0.25) is 0 Å². The first kappa shape index (κ1) is 8.91. The second-order valence-electron chi connectivity index (χ2n) is 3.38. The highest BCUT2D eigenvalue weighted by Gasteiger charge is 2.42. The molecule has 1 nitrogen and oxygen atoms in total. The molecule has 1 fully saturated rings. The molecular weight excluding hydrogens is 196 g/mol. The van der Waals surface area contributed by atoms with E-state index in [0.717, 1.165) is 18.9 Å². The van der Waals surface area contributed by atoms with Gasteiger partial charge in [0.15, 0.2) is 0 Å². The summed E-state index contributed by atoms with van der Waals surface area (Å²) in [7, 11) is 0. The molecule has 0 atom stereocenters. The van der Waals surface area contributed by atoms with Crippen LogP contribution in [0.5, 0.6) is 0 Å². The molecule has 0 aromatic heterocycles. The van der Waals surface area contributed by atoms with Crippen molar-refractivity contribution in [3.63, 3.8) is 0 Å². The van der Waals surface area contributed by atoms with Crippen molar-refractivity contribution in [2.24, 2.45) is 5.73 Å². The van der Waals surface area contributed by atoms with E-state index in [-0.39, 0.29) is 0 Å². The Labute approximate surface area is 79.5 Å². The fraction of sp³-hybridized carbons (Fsp3) is 0.333. The molecule has 4 heteroatoms. The normalized spacial score (nSPS) is 18.8. The summed E-state index contributed by atoms with van der Waals surface area (Å²) in [5.41, 5.74) is 5.48. The highest BCUT2D eigenvalue weighted by molar-refractivity contribution is 6.31. The van der Waals surface area contributed by atoms with E-state index in [1.165, 1.54) is 6.07 Å². The zero-order valence-corrected chi connectivity index (χ0v) is 7.54. The summed E-state index contributed by atoms with van der Waals surface area (Å²) in [5, 5.41) is -0.464. The summed E-state index contributed by atoms with van der Waals surface area (Å²) in [6.07, 6.45) is 1.46. The molecule has 0 heterocycles. The van der Waals surface area contributed by atoms with Crippen molar-refractivity contribution in [3.05, 3.63) is 34.4 Å². The Morgan fingerprint density at radius 1 is 1.31 bits per heavy atom. The van der Waals surface area contributed by atoms with Crippen LogP contribution in [0.1, 0.15) is 18.4 Å². The molecule has 0 aliphatic heterocycles. The molecule has 0 bridgehead atoms. The maximum absolute atomic E-state index is 13.3. The van der Waals surface area contributed by atoms with E-state index < -0.39 is 22.2 Å². The summed E-state index contributed by atoms with van der Waals surface area (Å²) >= 11 is 5.41. The van der Waals surface area contributed by atoms with Crippen LogP contribution in [-0.4, -0.2) is 0 Å². The quantitative estimate of drug-likeness (QED) is 0.698. The maximum atomic E-state index is 13.3. The molecule has 2 N–H and O–H groups in total. The monoisotopic (exact) mass is 203 g/mol. The summed E-state index contributed by atoms with van der Waals surface area (Å²) in [5.74, 6) is -1.46. The lowest BCUT2D eigenvalue weighted by atomic mass is 10.1. The summed E-state index contributed by atoms with van der Waals surface area (Å²) in [4.78, 5) is 0. The van der Waals surface area contributed by atoms with Crippen LogP contribution in [0.25, 0.3) is 0 Å². The number of hydrogen-bond donors (Lipinski definition) is 1. The molecule has 1 aromatic carbocycles. The maximum Gasteiger partial charge on any atom is 0.149 e. The van der Waals surface area contributed by atoms with Crippen molar-refractivity contribution in [3.8, 4) is 0 Å². The number of hydrogen-bond acceptors (Lipinski definition) is 1. The van der Waals surface area contributed by atoms with Gasteiger partial charge in [-0.05, 0) is 18.9 Å². The molecule has 70 valence electrons. The fourth-order valence-corrected chi connectivity index (χ4v) is 1.48. The molecule has 0 saturated heterocycles. The SMILES string of the molecule is NC1(c2ccc(F)c(Cl)c2F)CC1. The van der Waals surface area contributed by atoms with Crippen LogP contribution in [0, 0.1) is 11.6 Å². The lowest BCUT2D eigenvalue weighted by Crippen LogP contribution is -2.20. The minimum absolute atomic E-state index is 0.318. The van der Waals surface area contributed by atoms with Crippen LogP contribution in [0.4, 0.5) is 8.78 Å². The Bertz CT molecular complexity index is 361. The fourth-order valence-electron chi connectivity index (χ4n) is 1.31. The van der Waals surface area contributed by atoms with Crippen molar-refractivity contribution < 1.29 is 8.78 Å². The molecule has 0 radical (unpaired) electrons. The predicted molar refractivity (Wildman–Crippen MR) is 46.5 cm³/mol. The Morgan fingerprint density at radius 2 is 1.92 bits per heavy atom. The summed E-state index contributed by atoms with van der Waals surface area (Å²) < 4.78 is 26.1. The Kier molecular flexibility index (Phi) is 1.82. The molecule has 1 aromatic rings. The first-order valence-corrected chi connectivity index (χ1v) is 4.35. The Balaban J connectivity index is 2.54. The largest absolute Gasteiger partial charge is 0.321 e. The van der Waals surface area contributed by atoms with Crippen molar-refractivity contribution in [1.82, 2.24) is 0 Å². The number of nitrogens with two attached hydrogens (primary N) is 1. The molecule has 0 unspecified atom stereocenters. The zero-order valence-electron chi connectivity index (χ0n) is 6.78. The van der Waals surface area contributed by atoms with Gasteiger partial charge < -0.3 is 5.73 Å². The molecule has 13 heavy (non-hydrogen) atoms. The third-order valence-electron chi connectivity index (χ3n) is 2.36. The van der Waals surface area contributed by atoms with Crippen LogP contribution in [0.3, 0.4) is 0 Å². The van der Waals surface area contributed by atoms with E-state index >= 15 is 0 Å². The van der Waals surface area contributed by atoms with Gasteiger partial charge in [-0.1, -0.05) is 17.7 Å². The van der Waals surface area contributed by atoms with Gasteiger partial charge in [0.05, 0.1) is 0 Å². The topological polar surface area (TPSA) is 26.0 Å². The molecular formula is C9H8ClF2N. The molecule has 0 amide bonds. The minimum atomic E-state index is -0.743. The average molecular weight is 204 g/mol. The Hall–Kier alpha value is -0.670. The second-order valence-corrected chi connectivity index (χ2v) is 3.76. The summed E-state index contributed by atoms with van der Waals surface area (Å²) in [6, 6.07) is 2.51. The molecule has 1 saturated carbocycles. The van der Waals surface area contributed by atoms with E-state index in [1.54, 1.807) is 0 Å². The standard InChI is InChI=1S/C9H8ClF2N/c10-7-6(11)2-1-5(8(7)12)9(13)3-4-9/h1-2H,3-4,13H2. The van der Waals surface area contributed by atoms with Crippen LogP contribution in [-0.2, 0) is 5.54 Å². The minimum Gasteiger partial charge on any atom is -0.321 e. The number of halogens is 3. The van der Waals surface area contributed by atoms with Crippen molar-refractivity contribution in [1.29, 1.82) is 0 Å². The van der Waals surface area contributed by atoms with Crippen molar-refractivity contribution in [2.45, 2.75) is 18.4 Å². The van der Waals surface area contributed by atoms with E-state index in [2.05, 4.69) is 0 Å². The van der Waals surface area contributed by atoms with Crippen LogP contribution >= 0.6 is 11.6 Å². The molecule has 1 aliphatic carbocycles. The van der Waals surface area contributed by atoms with Crippen LogP contribution in [0.15, 0.2) is 12.1 Å². The highest BCUT2D eigenvalue weighted by Crippen LogP contribution is 2.44. The molecule has 0 spiro atoms. The lowest BCUT2D eigenvalue weighted by Gasteiger charge is -2.11. The number of rotatable bonds is 1. The van der Waals surface area contributed by atoms with Crippen molar-refractivity contribution in [2.75, 3.05) is 0 Å². The Morgan fingerprint density at radius 3 is 2.46 bits per heavy atom. The van der Waals surface area contributed by atoms with E-state index in [1.807, 2.05) is 0 Å². The van der Waals surface area contributed by atoms with E-state index in [0.29, 0.717) is 5.56 Å². The van der Waals surface area contributed by atoms with Crippen LogP contribution in [0.2, 0.25) is 5.02 Å². The van der Waals surface area contributed by atoms with Gasteiger partial charge in [-0.15, -0.1) is 0 Å². The smallest absolute Gasteiger partial charge is 0.149 e. The van der Waals surface area contributed by atoms with Crippen molar-refractivity contribution >= 4 is 11.6 Å². The van der Waals surface area contributed by atoms with E-state index in [4.69, 9.17) is 17.3 Å². The molecule has 2 rings (SSSR count). The zero-order chi connectivity index (χ0) is 9.64. The highest BCUT2D eigenvalue weighted by atomic mass is 35.5. The third-order valence-corrected chi connectivity index (χ3v) is 2.71. The van der Waals surface area contributed by atoms with Gasteiger partial charge in [-0.25, -0.2) is 8.78 Å². The van der Waals surface area contributed by atoms with Gasteiger partial charge in [0.1, 0.15) is 16.7 Å². The first-order valence-electron chi connectivity index (χ1n) is 3.97. The van der Waals surface area contributed by atoms with Gasteiger partial charge in [0, 0.05) is 11.1 Å². The average Bonchev–Trinajstić information content (AvgIpc) is 2.80. The van der Waals surface area contributed by atoms with Gasteiger partial charge in [-0.2, -0.15) is 0 Å².